The molecule has 0 amide bonds. The molecule has 108 valence electrons. The molecule has 0 aromatic heterocycles. The number of likely N-dealkylation sites (N-methyl/N-ethyl adjacent to an activating group) is 1. The van der Waals surface area contributed by atoms with Crippen molar-refractivity contribution in [3.05, 3.63) is 5.21 Å². The van der Waals surface area contributed by atoms with Gasteiger partial charge in [0.25, 0.3) is 0 Å². The monoisotopic (exact) mass is 257 g/mol. The Hall–Kier alpha value is -0.120. The van der Waals surface area contributed by atoms with Gasteiger partial charge in [0, 0.05) is 6.42 Å². The van der Waals surface area contributed by atoms with E-state index in [9.17, 15) is 5.21 Å². The van der Waals surface area contributed by atoms with E-state index in [0.717, 1.165) is 12.8 Å². The minimum absolute atomic E-state index is 0.0828. The molecule has 0 radical (unpaired) electrons. The Morgan fingerprint density at radius 2 is 1.67 bits per heavy atom. The molecule has 0 aliphatic carbocycles. The highest BCUT2D eigenvalue weighted by Crippen LogP contribution is 2.27. The number of unbranched alkanes of at least 4 members (excludes halogenated alkanes) is 4. The normalized spacial score (nSPS) is 32.7. The molecule has 18 heavy (non-hydrogen) atoms. The quantitative estimate of drug-likeness (QED) is 0.376. The molecule has 3 heteroatoms. The molecule has 1 saturated heterocycles. The smallest absolute Gasteiger partial charge is 0.115 e. The summed E-state index contributed by atoms with van der Waals surface area (Å²) in [4.78, 5) is 0. The SMILES string of the molecule is CCCCCC1OCC[N+](C)([O-])C1CCCCC. The highest BCUT2D eigenvalue weighted by molar-refractivity contribution is 4.76. The van der Waals surface area contributed by atoms with E-state index in [4.69, 9.17) is 4.74 Å². The van der Waals surface area contributed by atoms with E-state index in [1.807, 2.05) is 7.05 Å². The number of morpholine rings is 1. The van der Waals surface area contributed by atoms with Crippen LogP contribution in [-0.4, -0.2) is 37.0 Å². The first kappa shape index (κ1) is 15.9. The summed E-state index contributed by atoms with van der Waals surface area (Å²) in [7, 11) is 1.84. The third-order valence-corrected chi connectivity index (χ3v) is 4.19. The van der Waals surface area contributed by atoms with Crippen molar-refractivity contribution in [1.82, 2.24) is 0 Å². The maximum atomic E-state index is 12.5. The molecular weight excluding hydrogens is 226 g/mol. The summed E-state index contributed by atoms with van der Waals surface area (Å²) in [5.41, 5.74) is 0. The Morgan fingerprint density at radius 3 is 2.28 bits per heavy atom. The van der Waals surface area contributed by atoms with E-state index in [-0.39, 0.29) is 16.8 Å². The molecule has 0 aromatic rings. The fourth-order valence-electron chi connectivity index (χ4n) is 2.95. The molecule has 3 atom stereocenters. The van der Waals surface area contributed by atoms with E-state index in [1.54, 1.807) is 0 Å². The van der Waals surface area contributed by atoms with Crippen LogP contribution in [0.25, 0.3) is 0 Å². The van der Waals surface area contributed by atoms with Crippen LogP contribution in [-0.2, 0) is 4.74 Å². The van der Waals surface area contributed by atoms with Crippen LogP contribution in [0.1, 0.15) is 65.2 Å². The average Bonchev–Trinajstić information content (AvgIpc) is 2.32. The molecular formula is C15H31NO2. The van der Waals surface area contributed by atoms with Crippen molar-refractivity contribution in [2.75, 3.05) is 20.2 Å². The Kier molecular flexibility index (Phi) is 7.20. The van der Waals surface area contributed by atoms with Crippen molar-refractivity contribution in [2.45, 2.75) is 77.4 Å². The lowest BCUT2D eigenvalue weighted by molar-refractivity contribution is -0.900. The number of rotatable bonds is 8. The van der Waals surface area contributed by atoms with E-state index in [2.05, 4.69) is 13.8 Å². The van der Waals surface area contributed by atoms with Crippen LogP contribution in [0.2, 0.25) is 0 Å². The molecule has 1 rings (SSSR count). The first-order chi connectivity index (χ1) is 8.61. The standard InChI is InChI=1S/C15H31NO2/c1-4-6-8-10-14-15(11-9-7-5-2)18-13-12-16(14,3)17/h14-15H,4-13H2,1-3H3. The van der Waals surface area contributed by atoms with Crippen molar-refractivity contribution < 1.29 is 9.38 Å². The third-order valence-electron chi connectivity index (χ3n) is 4.19. The molecule has 0 N–H and O–H groups in total. The molecule has 0 bridgehead atoms. The largest absolute Gasteiger partial charge is 0.633 e. The molecule has 0 aromatic carbocycles. The van der Waals surface area contributed by atoms with E-state index in [0.29, 0.717) is 13.2 Å². The van der Waals surface area contributed by atoms with Crippen molar-refractivity contribution in [3.63, 3.8) is 0 Å². The van der Waals surface area contributed by atoms with E-state index < -0.39 is 0 Å². The van der Waals surface area contributed by atoms with Gasteiger partial charge in [0.05, 0.1) is 13.7 Å². The van der Waals surface area contributed by atoms with Crippen LogP contribution < -0.4 is 0 Å². The predicted octanol–water partition coefficient (Wildman–Crippen LogP) is 3.86. The predicted molar refractivity (Wildman–Crippen MR) is 76.2 cm³/mol. The van der Waals surface area contributed by atoms with Gasteiger partial charge in [-0.15, -0.1) is 0 Å². The van der Waals surface area contributed by atoms with Gasteiger partial charge in [0.15, 0.2) is 0 Å². The van der Waals surface area contributed by atoms with Gasteiger partial charge in [0.1, 0.15) is 18.7 Å². The van der Waals surface area contributed by atoms with Crippen LogP contribution >= 0.6 is 0 Å². The Morgan fingerprint density at radius 1 is 1.06 bits per heavy atom. The van der Waals surface area contributed by atoms with Crippen LogP contribution in [0.4, 0.5) is 0 Å². The van der Waals surface area contributed by atoms with Gasteiger partial charge in [0.2, 0.25) is 0 Å². The summed E-state index contributed by atoms with van der Waals surface area (Å²) in [6.07, 6.45) is 9.61. The summed E-state index contributed by atoms with van der Waals surface area (Å²) >= 11 is 0. The first-order valence-corrected chi connectivity index (χ1v) is 7.79. The van der Waals surface area contributed by atoms with Crippen molar-refractivity contribution in [1.29, 1.82) is 0 Å². The molecule has 1 aliphatic heterocycles. The first-order valence-electron chi connectivity index (χ1n) is 7.79. The zero-order chi connectivity index (χ0) is 13.4. The number of nitrogens with zero attached hydrogens (tertiary/aromatic N) is 1. The zero-order valence-electron chi connectivity index (χ0n) is 12.5. The molecule has 0 saturated carbocycles. The Balaban J connectivity index is 2.48. The lowest BCUT2D eigenvalue weighted by atomic mass is 9.95. The zero-order valence-corrected chi connectivity index (χ0v) is 12.5. The molecule has 0 spiro atoms. The number of hydroxylamine groups is 3. The fraction of sp³-hybridized carbons (Fsp3) is 1.00. The highest BCUT2D eigenvalue weighted by atomic mass is 16.6. The maximum absolute atomic E-state index is 12.5. The van der Waals surface area contributed by atoms with Gasteiger partial charge in [-0.1, -0.05) is 46.0 Å². The van der Waals surface area contributed by atoms with Crippen molar-refractivity contribution >= 4 is 0 Å². The maximum Gasteiger partial charge on any atom is 0.115 e. The number of ether oxygens (including phenoxy) is 1. The summed E-state index contributed by atoms with van der Waals surface area (Å²) in [6.45, 7) is 5.69. The Labute approximate surface area is 113 Å². The van der Waals surface area contributed by atoms with Crippen LogP contribution in [0.3, 0.4) is 0 Å². The average molecular weight is 257 g/mol. The van der Waals surface area contributed by atoms with Gasteiger partial charge < -0.3 is 14.6 Å². The Bertz CT molecular complexity index is 219. The minimum Gasteiger partial charge on any atom is -0.633 e. The van der Waals surface area contributed by atoms with E-state index >= 15 is 0 Å². The van der Waals surface area contributed by atoms with Crippen LogP contribution in [0.5, 0.6) is 0 Å². The van der Waals surface area contributed by atoms with Crippen molar-refractivity contribution in [3.8, 4) is 0 Å². The molecule has 3 unspecified atom stereocenters. The van der Waals surface area contributed by atoms with Gasteiger partial charge in [-0.2, -0.15) is 0 Å². The van der Waals surface area contributed by atoms with Crippen molar-refractivity contribution in [2.24, 2.45) is 0 Å². The lowest BCUT2D eigenvalue weighted by Gasteiger charge is -2.51. The molecule has 1 heterocycles. The van der Waals surface area contributed by atoms with Gasteiger partial charge in [-0.3, -0.25) is 0 Å². The molecule has 1 fully saturated rings. The molecule has 3 nitrogen and oxygen atoms in total. The summed E-state index contributed by atoms with van der Waals surface area (Å²) in [5.74, 6) is 0. The number of quaternary nitrogens is 1. The van der Waals surface area contributed by atoms with Crippen LogP contribution in [0.15, 0.2) is 0 Å². The lowest BCUT2D eigenvalue weighted by Crippen LogP contribution is -2.59. The fourth-order valence-corrected chi connectivity index (χ4v) is 2.95. The second-order valence-electron chi connectivity index (χ2n) is 5.87. The van der Waals surface area contributed by atoms with Crippen LogP contribution in [0, 0.1) is 5.21 Å². The van der Waals surface area contributed by atoms with E-state index in [1.165, 1.54) is 38.5 Å². The van der Waals surface area contributed by atoms with Gasteiger partial charge in [-0.05, 0) is 12.8 Å². The number of hydrogen-bond donors (Lipinski definition) is 0. The topological polar surface area (TPSA) is 32.3 Å². The third kappa shape index (κ3) is 4.87. The summed E-state index contributed by atoms with van der Waals surface area (Å²) in [5, 5.41) is 12.5. The second kappa shape index (κ2) is 8.13. The summed E-state index contributed by atoms with van der Waals surface area (Å²) in [6, 6.07) is 0.169. The summed E-state index contributed by atoms with van der Waals surface area (Å²) < 4.78 is 5.80. The minimum atomic E-state index is -0.0828. The second-order valence-corrected chi connectivity index (χ2v) is 5.87. The highest BCUT2D eigenvalue weighted by Gasteiger charge is 2.36. The van der Waals surface area contributed by atoms with Gasteiger partial charge >= 0.3 is 0 Å². The molecule has 1 aliphatic rings. The van der Waals surface area contributed by atoms with Gasteiger partial charge in [-0.25, -0.2) is 0 Å². The number of hydrogen-bond acceptors (Lipinski definition) is 2.